The SMILES string of the molecule is CCn1ncc2c(C(=O)OC(C)C(=O)NC(=O)NC3CCCCC3)cc(-c3ccccc3)nc21. The first-order valence-corrected chi connectivity index (χ1v) is 11.7. The van der Waals surface area contributed by atoms with Gasteiger partial charge in [-0.25, -0.2) is 19.3 Å². The Balaban J connectivity index is 1.50. The molecule has 1 saturated carbocycles. The van der Waals surface area contributed by atoms with E-state index in [0.29, 0.717) is 23.3 Å². The fraction of sp³-hybridized carbons (Fsp3) is 0.400. The summed E-state index contributed by atoms with van der Waals surface area (Å²) in [5, 5.41) is 9.95. The summed E-state index contributed by atoms with van der Waals surface area (Å²) in [5.41, 5.74) is 2.25. The van der Waals surface area contributed by atoms with Crippen molar-refractivity contribution in [3.05, 3.63) is 48.2 Å². The van der Waals surface area contributed by atoms with Gasteiger partial charge in [-0.15, -0.1) is 0 Å². The van der Waals surface area contributed by atoms with E-state index in [0.717, 1.165) is 37.7 Å². The molecule has 0 saturated heterocycles. The number of nitrogens with one attached hydrogen (secondary N) is 2. The van der Waals surface area contributed by atoms with Gasteiger partial charge in [-0.3, -0.25) is 10.1 Å². The molecule has 1 atom stereocenters. The largest absolute Gasteiger partial charge is 0.449 e. The molecule has 4 rings (SSSR count). The minimum absolute atomic E-state index is 0.0658. The Bertz CT molecular complexity index is 1180. The number of urea groups is 1. The number of ether oxygens (including phenoxy) is 1. The fourth-order valence-electron chi connectivity index (χ4n) is 4.16. The van der Waals surface area contributed by atoms with Crippen molar-refractivity contribution < 1.29 is 19.1 Å². The molecular weight excluding hydrogens is 434 g/mol. The zero-order valence-electron chi connectivity index (χ0n) is 19.4. The number of aromatic nitrogens is 3. The van der Waals surface area contributed by atoms with Crippen LogP contribution in [0.15, 0.2) is 42.6 Å². The molecule has 1 fully saturated rings. The van der Waals surface area contributed by atoms with Crippen molar-refractivity contribution in [1.82, 2.24) is 25.4 Å². The van der Waals surface area contributed by atoms with Crippen molar-refractivity contribution >= 4 is 28.9 Å². The van der Waals surface area contributed by atoms with Gasteiger partial charge in [-0.1, -0.05) is 49.6 Å². The molecule has 2 aromatic heterocycles. The highest BCUT2D eigenvalue weighted by Crippen LogP contribution is 2.26. The summed E-state index contributed by atoms with van der Waals surface area (Å²) in [4.78, 5) is 42.5. The molecule has 1 aliphatic rings. The molecule has 2 heterocycles. The summed E-state index contributed by atoms with van der Waals surface area (Å²) in [6.45, 7) is 3.96. The molecule has 0 radical (unpaired) electrons. The molecule has 178 valence electrons. The number of hydrogen-bond donors (Lipinski definition) is 2. The van der Waals surface area contributed by atoms with Crippen molar-refractivity contribution in [3.8, 4) is 11.3 Å². The molecule has 0 aliphatic heterocycles. The van der Waals surface area contributed by atoms with Crippen molar-refractivity contribution in [2.45, 2.75) is 64.6 Å². The van der Waals surface area contributed by atoms with Crippen LogP contribution in [0.3, 0.4) is 0 Å². The van der Waals surface area contributed by atoms with Gasteiger partial charge in [0.05, 0.1) is 22.8 Å². The lowest BCUT2D eigenvalue weighted by molar-refractivity contribution is -0.127. The molecule has 1 aromatic carbocycles. The highest BCUT2D eigenvalue weighted by molar-refractivity contribution is 6.05. The van der Waals surface area contributed by atoms with Gasteiger partial charge in [0, 0.05) is 18.2 Å². The minimum atomic E-state index is -1.16. The van der Waals surface area contributed by atoms with E-state index in [2.05, 4.69) is 20.7 Å². The predicted octanol–water partition coefficient (Wildman–Crippen LogP) is 3.82. The molecule has 34 heavy (non-hydrogen) atoms. The Morgan fingerprint density at radius 1 is 1.15 bits per heavy atom. The highest BCUT2D eigenvalue weighted by Gasteiger charge is 2.25. The van der Waals surface area contributed by atoms with Gasteiger partial charge < -0.3 is 10.1 Å². The third-order valence-corrected chi connectivity index (χ3v) is 6.03. The molecule has 0 bridgehead atoms. The summed E-state index contributed by atoms with van der Waals surface area (Å²) in [6.07, 6.45) is 5.50. The monoisotopic (exact) mass is 463 g/mol. The second-order valence-electron chi connectivity index (χ2n) is 8.46. The maximum absolute atomic E-state index is 13.1. The summed E-state index contributed by atoms with van der Waals surface area (Å²) in [7, 11) is 0. The second-order valence-corrected chi connectivity index (χ2v) is 8.46. The van der Waals surface area contributed by atoms with E-state index < -0.39 is 24.0 Å². The van der Waals surface area contributed by atoms with Crippen molar-refractivity contribution in [2.75, 3.05) is 0 Å². The van der Waals surface area contributed by atoms with E-state index in [1.165, 1.54) is 6.92 Å². The number of rotatable bonds is 6. The average Bonchev–Trinajstić information content (AvgIpc) is 3.27. The molecule has 1 aliphatic carbocycles. The number of nitrogens with zero attached hydrogens (tertiary/aromatic N) is 3. The first kappa shape index (κ1) is 23.4. The quantitative estimate of drug-likeness (QED) is 0.537. The third kappa shape index (κ3) is 5.24. The predicted molar refractivity (Wildman–Crippen MR) is 127 cm³/mol. The Morgan fingerprint density at radius 2 is 1.88 bits per heavy atom. The number of benzene rings is 1. The van der Waals surface area contributed by atoms with Crippen LogP contribution < -0.4 is 10.6 Å². The number of pyridine rings is 1. The van der Waals surface area contributed by atoms with Crippen LogP contribution in [0, 0.1) is 0 Å². The molecule has 0 spiro atoms. The molecule has 9 heteroatoms. The van der Waals surface area contributed by atoms with Gasteiger partial charge in [0.1, 0.15) is 0 Å². The lowest BCUT2D eigenvalue weighted by Gasteiger charge is -2.23. The standard InChI is InChI=1S/C25H29N5O4/c1-3-30-22-20(15-26-30)19(14-21(28-22)17-10-6-4-7-11-17)24(32)34-16(2)23(31)29-25(33)27-18-12-8-5-9-13-18/h4,6-7,10-11,14-16,18H,3,5,8-9,12-13H2,1-2H3,(H2,27,29,31,33). The Kier molecular flexibility index (Phi) is 7.20. The van der Waals surface area contributed by atoms with Crippen LogP contribution in [0.2, 0.25) is 0 Å². The smallest absolute Gasteiger partial charge is 0.339 e. The first-order valence-electron chi connectivity index (χ1n) is 11.7. The zero-order valence-corrected chi connectivity index (χ0v) is 19.4. The zero-order chi connectivity index (χ0) is 24.1. The molecule has 1 unspecified atom stereocenters. The third-order valence-electron chi connectivity index (χ3n) is 6.03. The van der Waals surface area contributed by atoms with Crippen LogP contribution in [0.25, 0.3) is 22.3 Å². The number of imide groups is 1. The lowest BCUT2D eigenvalue weighted by atomic mass is 9.96. The topological polar surface area (TPSA) is 115 Å². The normalized spacial score (nSPS) is 15.0. The summed E-state index contributed by atoms with van der Waals surface area (Å²) >= 11 is 0. The molecule has 3 amide bonds. The van der Waals surface area contributed by atoms with Crippen molar-refractivity contribution in [3.63, 3.8) is 0 Å². The van der Waals surface area contributed by atoms with Crippen LogP contribution in [0.5, 0.6) is 0 Å². The average molecular weight is 464 g/mol. The van der Waals surface area contributed by atoms with Gasteiger partial charge >= 0.3 is 12.0 Å². The van der Waals surface area contributed by atoms with E-state index in [9.17, 15) is 14.4 Å². The number of hydrogen-bond acceptors (Lipinski definition) is 6. The van der Waals surface area contributed by atoms with Gasteiger partial charge in [0.2, 0.25) is 0 Å². The number of carbonyl (C=O) groups is 3. The first-order chi connectivity index (χ1) is 16.5. The number of esters is 1. The molecule has 9 nitrogen and oxygen atoms in total. The second kappa shape index (κ2) is 10.5. The van der Waals surface area contributed by atoms with E-state index >= 15 is 0 Å². The van der Waals surface area contributed by atoms with Crippen LogP contribution in [-0.2, 0) is 16.1 Å². The number of aryl methyl sites for hydroxylation is 1. The Labute approximate surface area is 197 Å². The van der Waals surface area contributed by atoms with E-state index in [1.807, 2.05) is 37.3 Å². The van der Waals surface area contributed by atoms with Gasteiger partial charge in [-0.05, 0) is 32.8 Å². The molecule has 3 aromatic rings. The fourth-order valence-corrected chi connectivity index (χ4v) is 4.16. The maximum Gasteiger partial charge on any atom is 0.339 e. The number of amides is 3. The van der Waals surface area contributed by atoms with Crippen LogP contribution in [-0.4, -0.2) is 44.8 Å². The van der Waals surface area contributed by atoms with Gasteiger partial charge in [0.25, 0.3) is 5.91 Å². The number of fused-ring (bicyclic) bond motifs is 1. The van der Waals surface area contributed by atoms with Gasteiger partial charge in [0.15, 0.2) is 11.8 Å². The lowest BCUT2D eigenvalue weighted by Crippen LogP contribution is -2.48. The molecular formula is C25H29N5O4. The van der Waals surface area contributed by atoms with Crippen LogP contribution in [0.1, 0.15) is 56.3 Å². The summed E-state index contributed by atoms with van der Waals surface area (Å²) in [6, 6.07) is 10.6. The van der Waals surface area contributed by atoms with E-state index in [4.69, 9.17) is 4.74 Å². The van der Waals surface area contributed by atoms with Crippen molar-refractivity contribution in [1.29, 1.82) is 0 Å². The maximum atomic E-state index is 13.1. The molecule has 2 N–H and O–H groups in total. The van der Waals surface area contributed by atoms with E-state index in [1.54, 1.807) is 16.9 Å². The van der Waals surface area contributed by atoms with Crippen LogP contribution >= 0.6 is 0 Å². The van der Waals surface area contributed by atoms with Crippen LogP contribution in [0.4, 0.5) is 4.79 Å². The van der Waals surface area contributed by atoms with E-state index in [-0.39, 0.29) is 11.6 Å². The number of carbonyl (C=O) groups excluding carboxylic acids is 3. The minimum Gasteiger partial charge on any atom is -0.449 e. The summed E-state index contributed by atoms with van der Waals surface area (Å²) < 4.78 is 7.13. The Morgan fingerprint density at radius 3 is 2.59 bits per heavy atom. The Hall–Kier alpha value is -3.75. The summed E-state index contributed by atoms with van der Waals surface area (Å²) in [5.74, 6) is -1.37. The van der Waals surface area contributed by atoms with Gasteiger partial charge in [-0.2, -0.15) is 5.10 Å². The highest BCUT2D eigenvalue weighted by atomic mass is 16.5. The van der Waals surface area contributed by atoms with Crippen molar-refractivity contribution in [2.24, 2.45) is 0 Å².